The Bertz CT molecular complexity index is 707. The minimum Gasteiger partial charge on any atom is -0.285 e. The third-order valence-corrected chi connectivity index (χ3v) is 2.55. The summed E-state index contributed by atoms with van der Waals surface area (Å²) in [5, 5.41) is 9.75. The number of aromatic nitrogens is 3. The fourth-order valence-corrected chi connectivity index (χ4v) is 1.77. The van der Waals surface area contributed by atoms with E-state index in [1.165, 1.54) is 0 Å². The minimum atomic E-state index is 0.566. The summed E-state index contributed by atoms with van der Waals surface area (Å²) >= 11 is 0. The van der Waals surface area contributed by atoms with Crippen molar-refractivity contribution in [2.45, 2.75) is 0 Å². The summed E-state index contributed by atoms with van der Waals surface area (Å²) < 4.78 is 1.90. The SMILES string of the molecule is N#Cc1cnc2c(ccn2-c2ccccn2)c1. The first-order valence-electron chi connectivity index (χ1n) is 5.17. The first-order chi connectivity index (χ1) is 8.38. The van der Waals surface area contributed by atoms with Crippen LogP contribution in [0, 0.1) is 11.3 Å². The Morgan fingerprint density at radius 1 is 1.18 bits per heavy atom. The van der Waals surface area contributed by atoms with Gasteiger partial charge in [-0.2, -0.15) is 5.26 Å². The Hall–Kier alpha value is -2.67. The average molecular weight is 220 g/mol. The molecule has 0 atom stereocenters. The largest absolute Gasteiger partial charge is 0.285 e. The lowest BCUT2D eigenvalue weighted by Gasteiger charge is -2.02. The van der Waals surface area contributed by atoms with E-state index in [9.17, 15) is 0 Å². The van der Waals surface area contributed by atoms with Gasteiger partial charge in [-0.15, -0.1) is 0 Å². The van der Waals surface area contributed by atoms with Gasteiger partial charge in [0.15, 0.2) is 0 Å². The molecular formula is C13H8N4. The molecule has 0 unspecified atom stereocenters. The van der Waals surface area contributed by atoms with Gasteiger partial charge in [-0.25, -0.2) is 9.97 Å². The van der Waals surface area contributed by atoms with Gasteiger partial charge >= 0.3 is 0 Å². The molecule has 0 bridgehead atoms. The zero-order chi connectivity index (χ0) is 11.7. The van der Waals surface area contributed by atoms with E-state index >= 15 is 0 Å². The van der Waals surface area contributed by atoms with Crippen LogP contribution in [0.1, 0.15) is 5.56 Å². The van der Waals surface area contributed by atoms with Crippen molar-refractivity contribution >= 4 is 11.0 Å². The van der Waals surface area contributed by atoms with Gasteiger partial charge in [-0.1, -0.05) is 6.07 Å². The van der Waals surface area contributed by atoms with E-state index < -0.39 is 0 Å². The molecule has 3 aromatic heterocycles. The highest BCUT2D eigenvalue weighted by atomic mass is 15.1. The molecule has 0 amide bonds. The van der Waals surface area contributed by atoms with E-state index in [0.29, 0.717) is 5.56 Å². The van der Waals surface area contributed by atoms with Gasteiger partial charge in [0.25, 0.3) is 0 Å². The van der Waals surface area contributed by atoms with Crippen LogP contribution in [0.4, 0.5) is 0 Å². The van der Waals surface area contributed by atoms with Crippen LogP contribution in [0.2, 0.25) is 0 Å². The quantitative estimate of drug-likeness (QED) is 0.632. The van der Waals surface area contributed by atoms with Crippen molar-refractivity contribution in [1.82, 2.24) is 14.5 Å². The smallest absolute Gasteiger partial charge is 0.145 e. The van der Waals surface area contributed by atoms with Gasteiger partial charge in [-0.05, 0) is 24.3 Å². The van der Waals surface area contributed by atoms with Gasteiger partial charge in [0.2, 0.25) is 0 Å². The summed E-state index contributed by atoms with van der Waals surface area (Å²) in [7, 11) is 0. The van der Waals surface area contributed by atoms with E-state index in [0.717, 1.165) is 16.9 Å². The Labute approximate surface area is 97.8 Å². The molecule has 0 saturated heterocycles. The van der Waals surface area contributed by atoms with Crippen molar-refractivity contribution in [2.75, 3.05) is 0 Å². The molecule has 17 heavy (non-hydrogen) atoms. The Morgan fingerprint density at radius 2 is 2.12 bits per heavy atom. The normalized spacial score (nSPS) is 10.3. The first-order valence-corrected chi connectivity index (χ1v) is 5.17. The molecule has 80 valence electrons. The second-order valence-electron chi connectivity index (χ2n) is 3.62. The predicted molar refractivity (Wildman–Crippen MR) is 63.6 cm³/mol. The Kier molecular flexibility index (Phi) is 2.09. The summed E-state index contributed by atoms with van der Waals surface area (Å²) in [5.74, 6) is 0.819. The lowest BCUT2D eigenvalue weighted by Crippen LogP contribution is -1.96. The molecule has 0 N–H and O–H groups in total. The molecule has 0 saturated carbocycles. The van der Waals surface area contributed by atoms with E-state index in [-0.39, 0.29) is 0 Å². The third kappa shape index (κ3) is 1.54. The summed E-state index contributed by atoms with van der Waals surface area (Å²) in [4.78, 5) is 8.56. The molecule has 4 heteroatoms. The summed E-state index contributed by atoms with van der Waals surface area (Å²) in [6.45, 7) is 0. The van der Waals surface area contributed by atoms with Crippen molar-refractivity contribution < 1.29 is 0 Å². The number of nitriles is 1. The van der Waals surface area contributed by atoms with Crippen molar-refractivity contribution in [3.05, 3.63) is 54.5 Å². The van der Waals surface area contributed by atoms with Gasteiger partial charge in [0, 0.05) is 24.0 Å². The molecule has 0 aliphatic heterocycles. The lowest BCUT2D eigenvalue weighted by atomic mass is 10.2. The molecule has 3 heterocycles. The van der Waals surface area contributed by atoms with Gasteiger partial charge in [0.1, 0.15) is 17.5 Å². The Morgan fingerprint density at radius 3 is 2.88 bits per heavy atom. The van der Waals surface area contributed by atoms with Crippen LogP contribution < -0.4 is 0 Å². The summed E-state index contributed by atoms with van der Waals surface area (Å²) in [6.07, 6.45) is 5.22. The van der Waals surface area contributed by atoms with Crippen LogP contribution in [0.3, 0.4) is 0 Å². The van der Waals surface area contributed by atoms with E-state index in [4.69, 9.17) is 5.26 Å². The molecule has 0 spiro atoms. The predicted octanol–water partition coefficient (Wildman–Crippen LogP) is 2.29. The highest BCUT2D eigenvalue weighted by Gasteiger charge is 2.05. The number of nitrogens with zero attached hydrogens (tertiary/aromatic N) is 4. The summed E-state index contributed by atoms with van der Waals surface area (Å²) in [6, 6.07) is 11.5. The van der Waals surface area contributed by atoms with E-state index in [1.54, 1.807) is 12.4 Å². The maximum absolute atomic E-state index is 8.81. The van der Waals surface area contributed by atoms with E-state index in [1.807, 2.05) is 41.1 Å². The molecule has 0 aliphatic carbocycles. The van der Waals surface area contributed by atoms with E-state index in [2.05, 4.69) is 16.0 Å². The van der Waals surface area contributed by atoms with Crippen LogP contribution in [-0.4, -0.2) is 14.5 Å². The molecule has 0 radical (unpaired) electrons. The van der Waals surface area contributed by atoms with Crippen LogP contribution in [0.25, 0.3) is 16.9 Å². The van der Waals surface area contributed by atoms with Crippen LogP contribution >= 0.6 is 0 Å². The van der Waals surface area contributed by atoms with Gasteiger partial charge < -0.3 is 0 Å². The zero-order valence-corrected chi connectivity index (χ0v) is 8.91. The van der Waals surface area contributed by atoms with Crippen LogP contribution in [0.15, 0.2) is 48.9 Å². The fraction of sp³-hybridized carbons (Fsp3) is 0. The van der Waals surface area contributed by atoms with Crippen LogP contribution in [-0.2, 0) is 0 Å². The second kappa shape index (κ2) is 3.72. The van der Waals surface area contributed by atoms with Crippen molar-refractivity contribution in [2.24, 2.45) is 0 Å². The molecule has 3 rings (SSSR count). The maximum Gasteiger partial charge on any atom is 0.145 e. The highest BCUT2D eigenvalue weighted by Crippen LogP contribution is 2.17. The van der Waals surface area contributed by atoms with Crippen molar-refractivity contribution in [3.63, 3.8) is 0 Å². The minimum absolute atomic E-state index is 0.566. The average Bonchev–Trinajstić information content (AvgIpc) is 2.82. The molecule has 0 fully saturated rings. The standard InChI is InChI=1S/C13H8N4/c14-8-10-7-11-4-6-17(13(11)16-9-10)12-3-1-2-5-15-12/h1-7,9H. The van der Waals surface area contributed by atoms with Gasteiger partial charge in [-0.3, -0.25) is 4.57 Å². The van der Waals surface area contributed by atoms with Crippen molar-refractivity contribution in [3.8, 4) is 11.9 Å². The first kappa shape index (κ1) is 9.55. The molecule has 4 nitrogen and oxygen atoms in total. The highest BCUT2D eigenvalue weighted by molar-refractivity contribution is 5.78. The number of hydrogen-bond donors (Lipinski definition) is 0. The zero-order valence-electron chi connectivity index (χ0n) is 8.91. The second-order valence-corrected chi connectivity index (χ2v) is 3.62. The fourth-order valence-electron chi connectivity index (χ4n) is 1.77. The number of fused-ring (bicyclic) bond motifs is 1. The molecule has 3 aromatic rings. The number of rotatable bonds is 1. The summed E-state index contributed by atoms with van der Waals surface area (Å²) in [5.41, 5.74) is 1.37. The molecule has 0 aliphatic rings. The maximum atomic E-state index is 8.81. The van der Waals surface area contributed by atoms with Crippen LogP contribution in [0.5, 0.6) is 0 Å². The lowest BCUT2D eigenvalue weighted by molar-refractivity contribution is 1.02. The Balaban J connectivity index is 2.23. The topological polar surface area (TPSA) is 54.5 Å². The number of pyridine rings is 2. The van der Waals surface area contributed by atoms with Gasteiger partial charge in [0.05, 0.1) is 5.56 Å². The third-order valence-electron chi connectivity index (χ3n) is 2.55. The monoisotopic (exact) mass is 220 g/mol. The molecule has 0 aromatic carbocycles. The molecular weight excluding hydrogens is 212 g/mol. The number of hydrogen-bond acceptors (Lipinski definition) is 3. The van der Waals surface area contributed by atoms with Crippen molar-refractivity contribution in [1.29, 1.82) is 5.26 Å².